The molecule has 1 aliphatic heterocycles. The van der Waals surface area contributed by atoms with Crippen molar-refractivity contribution in [1.29, 1.82) is 0 Å². The van der Waals surface area contributed by atoms with E-state index in [1.807, 2.05) is 0 Å². The first-order chi connectivity index (χ1) is 9.51. The van der Waals surface area contributed by atoms with Crippen molar-refractivity contribution in [2.24, 2.45) is 10.6 Å². The number of carbonyl (C=O) groups excluding carboxylic acids is 1. The number of nitrogens with zero attached hydrogens (tertiary/aromatic N) is 1. The Hall–Kier alpha value is -1.11. The summed E-state index contributed by atoms with van der Waals surface area (Å²) in [5.41, 5.74) is 0.714. The van der Waals surface area contributed by atoms with E-state index in [2.05, 4.69) is 13.8 Å². The molecule has 21 heavy (non-hydrogen) atoms. The van der Waals surface area contributed by atoms with Gasteiger partial charge in [-0.3, -0.25) is 4.79 Å². The van der Waals surface area contributed by atoms with Crippen molar-refractivity contribution in [3.05, 3.63) is 28.3 Å². The molecular formula is C14H19ClN2O3S. The minimum Gasteiger partial charge on any atom is -0.338 e. The van der Waals surface area contributed by atoms with E-state index < -0.39 is 10.0 Å². The topological polar surface area (TPSA) is 80.5 Å². The van der Waals surface area contributed by atoms with E-state index in [0.29, 0.717) is 24.2 Å². The van der Waals surface area contributed by atoms with Gasteiger partial charge in [0.2, 0.25) is 10.0 Å². The molecule has 0 atom stereocenters. The minimum atomic E-state index is -3.91. The first kappa shape index (κ1) is 16.3. The van der Waals surface area contributed by atoms with E-state index in [1.54, 1.807) is 11.8 Å². The highest BCUT2D eigenvalue weighted by Crippen LogP contribution is 2.31. The highest BCUT2D eigenvalue weighted by atomic mass is 35.5. The highest BCUT2D eigenvalue weighted by molar-refractivity contribution is 7.89. The van der Waals surface area contributed by atoms with E-state index in [0.717, 1.165) is 6.42 Å². The number of benzene rings is 1. The molecular weight excluding hydrogens is 312 g/mol. The lowest BCUT2D eigenvalue weighted by Crippen LogP contribution is -2.31. The van der Waals surface area contributed by atoms with Gasteiger partial charge < -0.3 is 4.90 Å². The third-order valence-corrected chi connectivity index (χ3v) is 5.08. The number of amides is 1. The number of hydrogen-bond acceptors (Lipinski definition) is 3. The lowest BCUT2D eigenvalue weighted by molar-refractivity contribution is 0.0777. The number of sulfonamides is 1. The monoisotopic (exact) mass is 330 g/mol. The zero-order valence-electron chi connectivity index (χ0n) is 12.3. The van der Waals surface area contributed by atoms with Gasteiger partial charge in [0.25, 0.3) is 5.91 Å². The smallest absolute Gasteiger partial charge is 0.254 e. The highest BCUT2D eigenvalue weighted by Gasteiger charge is 2.33. The van der Waals surface area contributed by atoms with Crippen LogP contribution in [-0.4, -0.2) is 32.3 Å². The van der Waals surface area contributed by atoms with Crippen LogP contribution in [0, 0.1) is 12.3 Å². The summed E-state index contributed by atoms with van der Waals surface area (Å²) < 4.78 is 23.2. The first-order valence-corrected chi connectivity index (χ1v) is 8.56. The Labute approximate surface area is 130 Å². The molecule has 0 aliphatic carbocycles. The van der Waals surface area contributed by atoms with Crippen LogP contribution in [0.25, 0.3) is 0 Å². The minimum absolute atomic E-state index is 0.0743. The average Bonchev–Trinajstić information content (AvgIpc) is 2.70. The van der Waals surface area contributed by atoms with Gasteiger partial charge in [0.1, 0.15) is 0 Å². The predicted molar refractivity (Wildman–Crippen MR) is 81.9 cm³/mol. The second-order valence-corrected chi connectivity index (χ2v) is 8.23. The SMILES string of the molecule is Cc1c(C(=O)N2CCC(C)(C)C2)cc(Cl)cc1S(N)(=O)=O. The average molecular weight is 331 g/mol. The quantitative estimate of drug-likeness (QED) is 0.902. The zero-order chi connectivity index (χ0) is 16.0. The van der Waals surface area contributed by atoms with Gasteiger partial charge >= 0.3 is 0 Å². The molecule has 0 saturated carbocycles. The Bertz CT molecular complexity index is 698. The standard InChI is InChI=1S/C14H19ClN2O3S/c1-9-11(6-10(15)7-12(9)21(16,19)20)13(18)17-5-4-14(2,3)8-17/h6-7H,4-5,8H2,1-3H3,(H2,16,19,20). The van der Waals surface area contributed by atoms with Gasteiger partial charge in [-0.2, -0.15) is 0 Å². The zero-order valence-corrected chi connectivity index (χ0v) is 13.9. The first-order valence-electron chi connectivity index (χ1n) is 6.63. The van der Waals surface area contributed by atoms with Crippen LogP contribution >= 0.6 is 11.6 Å². The largest absolute Gasteiger partial charge is 0.338 e. The molecule has 1 aromatic carbocycles. The Balaban J connectivity index is 2.46. The number of carbonyl (C=O) groups is 1. The van der Waals surface area contributed by atoms with Gasteiger partial charge in [-0.15, -0.1) is 0 Å². The molecule has 0 aromatic heterocycles. The molecule has 2 N–H and O–H groups in total. The number of nitrogens with two attached hydrogens (primary N) is 1. The maximum Gasteiger partial charge on any atom is 0.254 e. The van der Waals surface area contributed by atoms with Crippen LogP contribution in [-0.2, 0) is 10.0 Å². The molecule has 1 heterocycles. The molecule has 1 aliphatic rings. The van der Waals surface area contributed by atoms with E-state index in [9.17, 15) is 13.2 Å². The Morgan fingerprint density at radius 1 is 1.38 bits per heavy atom. The van der Waals surface area contributed by atoms with E-state index in [-0.39, 0.29) is 21.2 Å². The van der Waals surface area contributed by atoms with Gasteiger partial charge in [-0.25, -0.2) is 13.6 Å². The molecule has 1 fully saturated rings. The summed E-state index contributed by atoms with van der Waals surface area (Å²) in [5.74, 6) is -0.203. The predicted octanol–water partition coefficient (Wildman–Crippen LogP) is 2.17. The lowest BCUT2D eigenvalue weighted by atomic mass is 9.93. The van der Waals surface area contributed by atoms with Crippen molar-refractivity contribution in [2.75, 3.05) is 13.1 Å². The molecule has 2 rings (SSSR count). The van der Waals surface area contributed by atoms with Crippen LogP contribution in [0.5, 0.6) is 0 Å². The fraction of sp³-hybridized carbons (Fsp3) is 0.500. The molecule has 1 aromatic rings. The second kappa shape index (κ2) is 5.26. The van der Waals surface area contributed by atoms with Crippen molar-refractivity contribution in [2.45, 2.75) is 32.1 Å². The molecule has 0 radical (unpaired) electrons. The van der Waals surface area contributed by atoms with Crippen LogP contribution in [0.4, 0.5) is 0 Å². The van der Waals surface area contributed by atoms with E-state index in [4.69, 9.17) is 16.7 Å². The molecule has 5 nitrogen and oxygen atoms in total. The summed E-state index contributed by atoms with van der Waals surface area (Å²) in [7, 11) is -3.91. The molecule has 1 amide bonds. The Morgan fingerprint density at radius 3 is 2.48 bits per heavy atom. The third kappa shape index (κ3) is 3.39. The fourth-order valence-corrected chi connectivity index (χ4v) is 3.74. The summed E-state index contributed by atoms with van der Waals surface area (Å²) in [6.07, 6.45) is 0.917. The van der Waals surface area contributed by atoms with Crippen LogP contribution in [0.3, 0.4) is 0 Å². The van der Waals surface area contributed by atoms with Gasteiger partial charge in [0, 0.05) is 23.7 Å². The Kier molecular flexibility index (Phi) is 4.08. The Morgan fingerprint density at radius 2 is 2.00 bits per heavy atom. The third-order valence-electron chi connectivity index (χ3n) is 3.83. The van der Waals surface area contributed by atoms with Gasteiger partial charge in [0.05, 0.1) is 4.90 Å². The maximum absolute atomic E-state index is 12.6. The van der Waals surface area contributed by atoms with Gasteiger partial charge in [-0.1, -0.05) is 25.4 Å². The van der Waals surface area contributed by atoms with E-state index in [1.165, 1.54) is 12.1 Å². The van der Waals surface area contributed by atoms with Crippen molar-refractivity contribution < 1.29 is 13.2 Å². The summed E-state index contributed by atoms with van der Waals surface area (Å²) in [5, 5.41) is 5.37. The summed E-state index contributed by atoms with van der Waals surface area (Å²) in [6.45, 7) is 7.07. The van der Waals surface area contributed by atoms with Crippen molar-refractivity contribution >= 4 is 27.5 Å². The van der Waals surface area contributed by atoms with Crippen LogP contribution in [0.1, 0.15) is 36.2 Å². The number of likely N-dealkylation sites (tertiary alicyclic amines) is 1. The number of halogens is 1. The van der Waals surface area contributed by atoms with Gasteiger partial charge in [0.15, 0.2) is 0 Å². The number of primary sulfonamides is 1. The molecule has 7 heteroatoms. The lowest BCUT2D eigenvalue weighted by Gasteiger charge is -2.21. The molecule has 0 spiro atoms. The molecule has 0 unspecified atom stereocenters. The summed E-state index contributed by atoms with van der Waals surface area (Å²) in [4.78, 5) is 14.2. The van der Waals surface area contributed by atoms with Crippen LogP contribution in [0.15, 0.2) is 17.0 Å². The summed E-state index contributed by atoms with van der Waals surface area (Å²) in [6, 6.07) is 2.77. The second-order valence-electron chi connectivity index (χ2n) is 6.26. The molecule has 0 bridgehead atoms. The van der Waals surface area contributed by atoms with Gasteiger partial charge in [-0.05, 0) is 36.5 Å². The van der Waals surface area contributed by atoms with Crippen molar-refractivity contribution in [3.63, 3.8) is 0 Å². The van der Waals surface area contributed by atoms with Crippen molar-refractivity contribution in [1.82, 2.24) is 4.90 Å². The molecule has 1 saturated heterocycles. The normalized spacial score (nSPS) is 18.0. The van der Waals surface area contributed by atoms with Crippen molar-refractivity contribution in [3.8, 4) is 0 Å². The molecule has 116 valence electrons. The number of rotatable bonds is 2. The van der Waals surface area contributed by atoms with Crippen LogP contribution in [0.2, 0.25) is 5.02 Å². The summed E-state index contributed by atoms with van der Waals surface area (Å²) >= 11 is 5.94. The van der Waals surface area contributed by atoms with E-state index >= 15 is 0 Å². The van der Waals surface area contributed by atoms with Crippen LogP contribution < -0.4 is 5.14 Å². The fourth-order valence-electron chi connectivity index (χ4n) is 2.63. The maximum atomic E-state index is 12.6. The number of hydrogen-bond donors (Lipinski definition) is 1.